The van der Waals surface area contributed by atoms with Gasteiger partial charge in [0.05, 0.1) is 0 Å². The van der Waals surface area contributed by atoms with Crippen LogP contribution in [0.3, 0.4) is 0 Å². The minimum atomic E-state index is -3.42. The van der Waals surface area contributed by atoms with Gasteiger partial charge in [0.2, 0.25) is 0 Å². The van der Waals surface area contributed by atoms with Gasteiger partial charge in [-0.1, -0.05) is 37.6 Å². The van der Waals surface area contributed by atoms with E-state index in [0.717, 1.165) is 25.5 Å². The van der Waals surface area contributed by atoms with Gasteiger partial charge in [0, 0.05) is 11.8 Å². The summed E-state index contributed by atoms with van der Waals surface area (Å²) in [7, 11) is -3.42. The molecule has 106 valence electrons. The van der Waals surface area contributed by atoms with Crippen LogP contribution in [-0.2, 0) is 16.3 Å². The van der Waals surface area contributed by atoms with Crippen molar-refractivity contribution >= 4 is 15.6 Å². The van der Waals surface area contributed by atoms with E-state index >= 15 is 0 Å². The molecule has 4 heteroatoms. The Balaban J connectivity index is 2.96. The van der Waals surface area contributed by atoms with Crippen LogP contribution >= 0.6 is 0 Å². The number of hydrogen-bond acceptors (Lipinski definition) is 3. The third-order valence-electron chi connectivity index (χ3n) is 3.51. The van der Waals surface area contributed by atoms with E-state index in [-0.39, 0.29) is 5.78 Å². The van der Waals surface area contributed by atoms with Crippen LogP contribution in [0.1, 0.15) is 49.5 Å². The molecule has 1 aromatic rings. The molecule has 1 aromatic carbocycles. The van der Waals surface area contributed by atoms with Gasteiger partial charge in [-0.15, -0.1) is 0 Å². The molecule has 0 aliphatic rings. The Labute approximate surface area is 116 Å². The Kier molecular flexibility index (Phi) is 4.91. The highest BCUT2D eigenvalue weighted by atomic mass is 32.2. The monoisotopic (exact) mass is 282 g/mol. The van der Waals surface area contributed by atoms with Crippen molar-refractivity contribution in [2.75, 3.05) is 6.26 Å². The lowest BCUT2D eigenvalue weighted by Gasteiger charge is -2.20. The Bertz CT molecular complexity index is 539. The molecule has 0 heterocycles. The van der Waals surface area contributed by atoms with Crippen LogP contribution in [0.25, 0.3) is 0 Å². The highest BCUT2D eigenvalue weighted by molar-refractivity contribution is 7.92. The van der Waals surface area contributed by atoms with E-state index in [1.165, 1.54) is 19.4 Å². The quantitative estimate of drug-likeness (QED) is 0.754. The summed E-state index contributed by atoms with van der Waals surface area (Å²) in [6.45, 7) is 5.04. The van der Waals surface area contributed by atoms with Gasteiger partial charge in [-0.3, -0.25) is 4.79 Å². The minimum Gasteiger partial charge on any atom is -0.292 e. The highest BCUT2D eigenvalue weighted by Gasteiger charge is 2.38. The maximum Gasteiger partial charge on any atom is 0.183 e. The predicted octanol–water partition coefficient (Wildman–Crippen LogP) is 3.04. The highest BCUT2D eigenvalue weighted by Crippen LogP contribution is 2.22. The molecule has 0 aromatic heterocycles. The van der Waals surface area contributed by atoms with Crippen LogP contribution < -0.4 is 0 Å². The number of rotatable bonds is 6. The summed E-state index contributed by atoms with van der Waals surface area (Å²) < 4.78 is 21.9. The molecule has 1 rings (SSSR count). The van der Waals surface area contributed by atoms with Gasteiger partial charge in [-0.25, -0.2) is 8.42 Å². The van der Waals surface area contributed by atoms with Gasteiger partial charge in [0.25, 0.3) is 0 Å². The van der Waals surface area contributed by atoms with E-state index < -0.39 is 14.6 Å². The minimum absolute atomic E-state index is 0.350. The Morgan fingerprint density at radius 2 is 1.68 bits per heavy atom. The molecule has 0 spiro atoms. The van der Waals surface area contributed by atoms with Crippen molar-refractivity contribution in [3.8, 4) is 0 Å². The first kappa shape index (κ1) is 15.9. The molecule has 0 fully saturated rings. The molecule has 3 nitrogen and oxygen atoms in total. The number of aryl methyl sites for hydroxylation is 1. The average molecular weight is 282 g/mol. The second kappa shape index (κ2) is 5.87. The van der Waals surface area contributed by atoms with Crippen molar-refractivity contribution in [3.63, 3.8) is 0 Å². The molecule has 0 saturated heterocycles. The second-order valence-electron chi connectivity index (χ2n) is 5.41. The van der Waals surface area contributed by atoms with E-state index in [4.69, 9.17) is 0 Å². The van der Waals surface area contributed by atoms with Gasteiger partial charge < -0.3 is 0 Å². The smallest absolute Gasteiger partial charge is 0.183 e. The third-order valence-corrected chi connectivity index (χ3v) is 5.55. The van der Waals surface area contributed by atoms with Crippen molar-refractivity contribution in [2.24, 2.45) is 0 Å². The lowest BCUT2D eigenvalue weighted by Crippen LogP contribution is -2.39. The van der Waals surface area contributed by atoms with Gasteiger partial charge >= 0.3 is 0 Å². The van der Waals surface area contributed by atoms with E-state index in [1.807, 2.05) is 12.1 Å². The van der Waals surface area contributed by atoms with E-state index in [0.29, 0.717) is 5.56 Å². The van der Waals surface area contributed by atoms with E-state index in [2.05, 4.69) is 6.92 Å². The Hall–Kier alpha value is -1.16. The summed E-state index contributed by atoms with van der Waals surface area (Å²) in [5.74, 6) is -0.350. The SMILES string of the molecule is CCCCc1ccc(C(=O)C(C)(C)S(C)(=O)=O)cc1. The maximum atomic E-state index is 12.3. The first-order valence-corrected chi connectivity index (χ1v) is 8.42. The van der Waals surface area contributed by atoms with Crippen LogP contribution in [0.15, 0.2) is 24.3 Å². The lowest BCUT2D eigenvalue weighted by atomic mass is 9.98. The van der Waals surface area contributed by atoms with Crippen molar-refractivity contribution in [1.82, 2.24) is 0 Å². The Morgan fingerprint density at radius 1 is 1.16 bits per heavy atom. The van der Waals surface area contributed by atoms with Crippen LogP contribution in [0.2, 0.25) is 0 Å². The maximum absolute atomic E-state index is 12.3. The summed E-state index contributed by atoms with van der Waals surface area (Å²) in [6.07, 6.45) is 4.32. The molecule has 19 heavy (non-hydrogen) atoms. The third kappa shape index (κ3) is 3.66. The molecule has 0 radical (unpaired) electrons. The summed E-state index contributed by atoms with van der Waals surface area (Å²) in [5, 5.41) is 0. The largest absolute Gasteiger partial charge is 0.292 e. The zero-order chi connectivity index (χ0) is 14.7. The lowest BCUT2D eigenvalue weighted by molar-refractivity contribution is 0.0954. The molecule has 0 unspecified atom stereocenters. The van der Waals surface area contributed by atoms with Crippen molar-refractivity contribution in [2.45, 2.75) is 44.8 Å². The zero-order valence-electron chi connectivity index (χ0n) is 12.1. The molecular weight excluding hydrogens is 260 g/mol. The average Bonchev–Trinajstić information content (AvgIpc) is 2.34. The van der Waals surface area contributed by atoms with Crippen LogP contribution in [0.5, 0.6) is 0 Å². The first-order valence-electron chi connectivity index (χ1n) is 6.53. The summed E-state index contributed by atoms with van der Waals surface area (Å²) in [5.41, 5.74) is 1.63. The fourth-order valence-corrected chi connectivity index (χ4v) is 2.17. The van der Waals surface area contributed by atoms with Crippen molar-refractivity contribution in [1.29, 1.82) is 0 Å². The number of carbonyl (C=O) groups is 1. The molecule has 0 bridgehead atoms. The molecule has 0 aliphatic heterocycles. The number of hydrogen-bond donors (Lipinski definition) is 0. The number of ketones is 1. The first-order chi connectivity index (χ1) is 8.70. The number of carbonyl (C=O) groups excluding carboxylic acids is 1. The second-order valence-corrected chi connectivity index (χ2v) is 7.98. The van der Waals surface area contributed by atoms with Gasteiger partial charge in [0.15, 0.2) is 15.6 Å². The van der Waals surface area contributed by atoms with E-state index in [9.17, 15) is 13.2 Å². The number of sulfone groups is 1. The summed E-state index contributed by atoms with van der Waals surface area (Å²) in [4.78, 5) is 12.3. The predicted molar refractivity (Wildman–Crippen MR) is 78.3 cm³/mol. The number of benzene rings is 1. The van der Waals surface area contributed by atoms with Gasteiger partial charge in [-0.05, 0) is 32.3 Å². The Morgan fingerprint density at radius 3 is 2.11 bits per heavy atom. The van der Waals surface area contributed by atoms with Crippen molar-refractivity contribution < 1.29 is 13.2 Å². The fourth-order valence-electron chi connectivity index (χ4n) is 1.72. The van der Waals surface area contributed by atoms with Gasteiger partial charge in [-0.2, -0.15) is 0 Å². The topological polar surface area (TPSA) is 51.2 Å². The van der Waals surface area contributed by atoms with E-state index in [1.54, 1.807) is 12.1 Å². The molecule has 0 N–H and O–H groups in total. The number of Topliss-reactive ketones (excluding diaryl/α,β-unsaturated/α-hetero) is 1. The summed E-state index contributed by atoms with van der Waals surface area (Å²) in [6, 6.07) is 7.25. The fraction of sp³-hybridized carbons (Fsp3) is 0.533. The molecule has 0 saturated carbocycles. The normalized spacial score (nSPS) is 12.4. The number of unbranched alkanes of at least 4 members (excludes halogenated alkanes) is 1. The molecule has 0 amide bonds. The van der Waals surface area contributed by atoms with Crippen LogP contribution in [-0.4, -0.2) is 25.2 Å². The molecule has 0 aliphatic carbocycles. The molecule has 0 atom stereocenters. The van der Waals surface area contributed by atoms with Crippen LogP contribution in [0, 0.1) is 0 Å². The van der Waals surface area contributed by atoms with Crippen LogP contribution in [0.4, 0.5) is 0 Å². The molecular formula is C15H22O3S. The zero-order valence-corrected chi connectivity index (χ0v) is 12.9. The standard InChI is InChI=1S/C15H22O3S/c1-5-6-7-12-8-10-13(11-9-12)14(16)15(2,3)19(4,17)18/h8-11H,5-7H2,1-4H3. The van der Waals surface area contributed by atoms with Gasteiger partial charge in [0.1, 0.15) is 4.75 Å². The summed E-state index contributed by atoms with van der Waals surface area (Å²) >= 11 is 0. The van der Waals surface area contributed by atoms with Crippen molar-refractivity contribution in [3.05, 3.63) is 35.4 Å².